The maximum Gasteiger partial charge on any atom is 0.307 e. The van der Waals surface area contributed by atoms with Crippen molar-refractivity contribution in [2.45, 2.75) is 38.5 Å². The molecule has 7 nitrogen and oxygen atoms in total. The van der Waals surface area contributed by atoms with Gasteiger partial charge in [-0.1, -0.05) is 42.5 Å². The summed E-state index contributed by atoms with van der Waals surface area (Å²) >= 11 is 0. The van der Waals surface area contributed by atoms with Crippen molar-refractivity contribution in [3.63, 3.8) is 0 Å². The normalized spacial score (nSPS) is 13.1. The quantitative estimate of drug-likeness (QED) is 0.328. The maximum atomic E-state index is 13.0. The molecular weight excluding hydrogens is 444 g/mol. The average Bonchev–Trinajstić information content (AvgIpc) is 3.60. The second-order valence-electron chi connectivity index (χ2n) is 8.74. The van der Waals surface area contributed by atoms with Crippen molar-refractivity contribution in [1.82, 2.24) is 5.32 Å². The molecule has 0 saturated heterocycles. The Morgan fingerprint density at radius 2 is 1.83 bits per heavy atom. The van der Waals surface area contributed by atoms with Crippen LogP contribution in [0.5, 0.6) is 5.75 Å². The first-order valence-corrected chi connectivity index (χ1v) is 11.6. The van der Waals surface area contributed by atoms with Gasteiger partial charge in [-0.2, -0.15) is 0 Å². The number of benzene rings is 3. The monoisotopic (exact) mass is 470 g/mol. The summed E-state index contributed by atoms with van der Waals surface area (Å²) in [6.07, 6.45) is 1.77. The molecule has 0 bridgehead atoms. The molecule has 178 valence electrons. The Hall–Kier alpha value is -4.10. The summed E-state index contributed by atoms with van der Waals surface area (Å²) in [6, 6.07) is 21.0. The van der Waals surface area contributed by atoms with Crippen molar-refractivity contribution in [3.05, 3.63) is 89.2 Å². The van der Waals surface area contributed by atoms with Crippen LogP contribution in [0.1, 0.15) is 40.1 Å². The molecule has 0 spiro atoms. The minimum Gasteiger partial charge on any atom is -0.488 e. The van der Waals surface area contributed by atoms with Gasteiger partial charge in [0.25, 0.3) is 5.91 Å². The molecule has 0 atom stereocenters. The number of aliphatic carboxylic acids is 1. The molecule has 1 amide bonds. The van der Waals surface area contributed by atoms with E-state index in [0.717, 1.165) is 34.9 Å². The van der Waals surface area contributed by atoms with Crippen LogP contribution in [0.4, 0.5) is 0 Å². The maximum absolute atomic E-state index is 13.0. The van der Waals surface area contributed by atoms with Gasteiger partial charge in [-0.05, 0) is 53.8 Å². The zero-order valence-electron chi connectivity index (χ0n) is 19.1. The van der Waals surface area contributed by atoms with Gasteiger partial charge in [0.1, 0.15) is 17.9 Å². The smallest absolute Gasteiger partial charge is 0.307 e. The van der Waals surface area contributed by atoms with E-state index in [4.69, 9.17) is 14.9 Å². The van der Waals surface area contributed by atoms with Crippen LogP contribution in [0.3, 0.4) is 0 Å². The molecule has 35 heavy (non-hydrogen) atoms. The third-order valence-corrected chi connectivity index (χ3v) is 6.09. The second-order valence-corrected chi connectivity index (χ2v) is 8.74. The third-order valence-electron chi connectivity index (χ3n) is 6.09. The van der Waals surface area contributed by atoms with E-state index in [0.29, 0.717) is 29.0 Å². The number of carboxylic acids is 1. The Balaban J connectivity index is 1.53. The van der Waals surface area contributed by atoms with E-state index in [-0.39, 0.29) is 30.7 Å². The highest BCUT2D eigenvalue weighted by atomic mass is 16.5. The summed E-state index contributed by atoms with van der Waals surface area (Å²) in [5, 5.41) is 13.0. The van der Waals surface area contributed by atoms with Crippen LogP contribution in [-0.4, -0.2) is 23.0 Å². The number of hydrogen-bond acceptors (Lipinski definition) is 5. The summed E-state index contributed by atoms with van der Waals surface area (Å²) in [7, 11) is 0. The minimum absolute atomic E-state index is 0.0589. The molecule has 0 unspecified atom stereocenters. The van der Waals surface area contributed by atoms with Crippen molar-refractivity contribution in [3.8, 4) is 16.9 Å². The van der Waals surface area contributed by atoms with E-state index < -0.39 is 5.97 Å². The molecule has 4 aromatic rings. The fraction of sp³-hybridized carbons (Fsp3) is 0.214. The van der Waals surface area contributed by atoms with Crippen LogP contribution in [0.2, 0.25) is 0 Å². The lowest BCUT2D eigenvalue weighted by atomic mass is 10.0. The van der Waals surface area contributed by atoms with Crippen molar-refractivity contribution in [2.24, 2.45) is 5.73 Å². The number of amides is 1. The molecule has 1 heterocycles. The number of para-hydroxylation sites is 1. The highest BCUT2D eigenvalue weighted by Gasteiger charge is 2.28. The van der Waals surface area contributed by atoms with Crippen LogP contribution >= 0.6 is 0 Å². The first-order valence-electron chi connectivity index (χ1n) is 11.6. The van der Waals surface area contributed by atoms with Crippen molar-refractivity contribution in [2.75, 3.05) is 0 Å². The predicted molar refractivity (Wildman–Crippen MR) is 132 cm³/mol. The van der Waals surface area contributed by atoms with Gasteiger partial charge in [0, 0.05) is 29.1 Å². The lowest BCUT2D eigenvalue weighted by Gasteiger charge is -2.11. The molecule has 0 aliphatic heterocycles. The predicted octanol–water partition coefficient (Wildman–Crippen LogP) is 4.66. The van der Waals surface area contributed by atoms with Crippen LogP contribution in [-0.2, 0) is 24.4 Å². The Kier molecular flexibility index (Phi) is 6.25. The molecule has 1 aliphatic carbocycles. The zero-order valence-corrected chi connectivity index (χ0v) is 19.1. The number of carboxylic acid groups (broad SMARTS) is 1. The highest BCUT2D eigenvalue weighted by Crippen LogP contribution is 2.33. The lowest BCUT2D eigenvalue weighted by molar-refractivity contribution is -0.136. The fourth-order valence-electron chi connectivity index (χ4n) is 4.11. The Morgan fingerprint density at radius 3 is 2.60 bits per heavy atom. The second kappa shape index (κ2) is 9.64. The standard InChI is InChI=1S/C28H26N2O5/c29-15-17-4-3-6-18(12-17)19-8-11-25-22(13-19)23(27(35-25)28(33)30-21-9-10-21)16-34-24-7-2-1-5-20(24)14-26(31)32/h1-8,11-13,21H,9-10,14-16,29H2,(H,30,33)(H,31,32). The Bertz CT molecular complexity index is 1400. The number of ether oxygens (including phenoxy) is 1. The SMILES string of the molecule is NCc1cccc(-c2ccc3oc(C(=O)NC4CC4)c(COc4ccccc4CC(=O)O)c3c2)c1. The van der Waals surface area contributed by atoms with E-state index in [1.165, 1.54) is 0 Å². The van der Waals surface area contributed by atoms with E-state index in [2.05, 4.69) is 5.32 Å². The first kappa shape index (κ1) is 22.7. The molecule has 3 aromatic carbocycles. The van der Waals surface area contributed by atoms with Crippen LogP contribution in [0.15, 0.2) is 71.1 Å². The highest BCUT2D eigenvalue weighted by molar-refractivity contribution is 6.00. The number of nitrogens with two attached hydrogens (primary N) is 1. The molecule has 1 aromatic heterocycles. The molecule has 4 N–H and O–H groups in total. The molecule has 1 fully saturated rings. The summed E-state index contributed by atoms with van der Waals surface area (Å²) in [5.74, 6) is -0.531. The molecule has 5 rings (SSSR count). The van der Waals surface area contributed by atoms with E-state index >= 15 is 0 Å². The van der Waals surface area contributed by atoms with Crippen molar-refractivity contribution in [1.29, 1.82) is 0 Å². The third kappa shape index (κ3) is 5.05. The first-order chi connectivity index (χ1) is 17.0. The molecule has 0 radical (unpaired) electrons. The van der Waals surface area contributed by atoms with Crippen LogP contribution in [0.25, 0.3) is 22.1 Å². The van der Waals surface area contributed by atoms with Gasteiger partial charge in [-0.25, -0.2) is 0 Å². The van der Waals surface area contributed by atoms with Crippen LogP contribution in [0, 0.1) is 0 Å². The van der Waals surface area contributed by atoms with Gasteiger partial charge in [0.2, 0.25) is 0 Å². The Labute approximate surface area is 202 Å². The van der Waals surface area contributed by atoms with E-state index in [9.17, 15) is 14.7 Å². The van der Waals surface area contributed by atoms with Gasteiger partial charge >= 0.3 is 5.97 Å². The van der Waals surface area contributed by atoms with E-state index in [1.54, 1.807) is 24.3 Å². The number of furan rings is 1. The number of rotatable bonds is 9. The number of hydrogen-bond donors (Lipinski definition) is 3. The summed E-state index contributed by atoms with van der Waals surface area (Å²) in [6.45, 7) is 0.505. The summed E-state index contributed by atoms with van der Waals surface area (Å²) in [4.78, 5) is 24.3. The average molecular weight is 471 g/mol. The number of carbonyl (C=O) groups is 2. The van der Waals surface area contributed by atoms with Crippen molar-refractivity contribution >= 4 is 22.8 Å². The largest absolute Gasteiger partial charge is 0.488 e. The molecule has 1 saturated carbocycles. The van der Waals surface area contributed by atoms with Gasteiger partial charge in [-0.3, -0.25) is 9.59 Å². The van der Waals surface area contributed by atoms with E-state index in [1.807, 2.05) is 42.5 Å². The van der Waals surface area contributed by atoms with Gasteiger partial charge in [0.15, 0.2) is 5.76 Å². The lowest BCUT2D eigenvalue weighted by Crippen LogP contribution is -2.26. The summed E-state index contributed by atoms with van der Waals surface area (Å²) < 4.78 is 12.1. The summed E-state index contributed by atoms with van der Waals surface area (Å²) in [5.41, 5.74) is 10.6. The minimum atomic E-state index is -0.941. The van der Waals surface area contributed by atoms with Gasteiger partial charge in [-0.15, -0.1) is 0 Å². The van der Waals surface area contributed by atoms with Crippen LogP contribution < -0.4 is 15.8 Å². The molecule has 7 heteroatoms. The number of nitrogens with one attached hydrogen (secondary N) is 1. The number of fused-ring (bicyclic) bond motifs is 1. The fourth-order valence-corrected chi connectivity index (χ4v) is 4.11. The zero-order chi connectivity index (χ0) is 24.4. The molecule has 1 aliphatic rings. The Morgan fingerprint density at radius 1 is 1.03 bits per heavy atom. The molecular formula is C28H26N2O5. The topological polar surface area (TPSA) is 115 Å². The van der Waals surface area contributed by atoms with Gasteiger partial charge < -0.3 is 25.3 Å². The van der Waals surface area contributed by atoms with Crippen molar-refractivity contribution < 1.29 is 23.8 Å². The van der Waals surface area contributed by atoms with Gasteiger partial charge in [0.05, 0.1) is 6.42 Å². The number of carbonyl (C=O) groups excluding carboxylic acids is 1.